The molecule has 1 aromatic carbocycles. The Bertz CT molecular complexity index is 1060. The molecule has 4 nitrogen and oxygen atoms in total. The van der Waals surface area contributed by atoms with Gasteiger partial charge in [-0.1, -0.05) is 24.6 Å². The molecular formula is C21H19F7N2O2S. The molecule has 12 heteroatoms. The van der Waals surface area contributed by atoms with Gasteiger partial charge in [0.25, 0.3) is 5.91 Å². The van der Waals surface area contributed by atoms with E-state index in [1.54, 1.807) is 31.2 Å². The van der Waals surface area contributed by atoms with Crippen molar-refractivity contribution in [1.29, 1.82) is 0 Å². The Morgan fingerprint density at radius 1 is 0.909 bits per heavy atom. The van der Waals surface area contributed by atoms with Crippen LogP contribution < -0.4 is 10.6 Å². The summed E-state index contributed by atoms with van der Waals surface area (Å²) in [5.74, 6) is -16.3. The lowest BCUT2D eigenvalue weighted by molar-refractivity contribution is -0.343. The van der Waals surface area contributed by atoms with Gasteiger partial charge in [0.1, 0.15) is 5.00 Å². The van der Waals surface area contributed by atoms with Crippen LogP contribution in [0.25, 0.3) is 0 Å². The number of amides is 2. The number of nitrogens with one attached hydrogen (secondary N) is 2. The number of aryl methyl sites for hydroxylation is 2. The Hall–Kier alpha value is -2.63. The van der Waals surface area contributed by atoms with Gasteiger partial charge >= 0.3 is 23.9 Å². The van der Waals surface area contributed by atoms with Gasteiger partial charge in [0.05, 0.1) is 5.56 Å². The Morgan fingerprint density at radius 2 is 1.55 bits per heavy atom. The monoisotopic (exact) mass is 496 g/mol. The number of rotatable bonds is 5. The van der Waals surface area contributed by atoms with E-state index in [9.17, 15) is 40.3 Å². The number of hydrogen-bond donors (Lipinski definition) is 2. The van der Waals surface area contributed by atoms with Crippen molar-refractivity contribution in [3.05, 3.63) is 45.8 Å². The highest BCUT2D eigenvalue weighted by Gasteiger charge is 2.76. The summed E-state index contributed by atoms with van der Waals surface area (Å²) in [5, 5.41) is 3.58. The van der Waals surface area contributed by atoms with Crippen LogP contribution in [-0.4, -0.2) is 29.8 Å². The van der Waals surface area contributed by atoms with Gasteiger partial charge in [0.15, 0.2) is 0 Å². The molecule has 180 valence electrons. The number of carbonyl (C=O) groups is 2. The van der Waals surface area contributed by atoms with Gasteiger partial charge in [0, 0.05) is 10.6 Å². The second-order valence-electron chi connectivity index (χ2n) is 7.64. The molecule has 0 bridgehead atoms. The summed E-state index contributed by atoms with van der Waals surface area (Å²) < 4.78 is 91.8. The smallest absolute Gasteiger partial charge is 0.322 e. The molecule has 0 saturated heterocycles. The van der Waals surface area contributed by atoms with Crippen molar-refractivity contribution in [2.45, 2.75) is 57.0 Å². The van der Waals surface area contributed by atoms with Gasteiger partial charge in [-0.2, -0.15) is 30.7 Å². The first-order chi connectivity index (χ1) is 15.3. The fourth-order valence-corrected chi connectivity index (χ4v) is 4.75. The van der Waals surface area contributed by atoms with E-state index in [2.05, 4.69) is 5.32 Å². The van der Waals surface area contributed by atoms with Crippen LogP contribution in [0.2, 0.25) is 0 Å². The maximum absolute atomic E-state index is 13.9. The quantitative estimate of drug-likeness (QED) is 0.375. The lowest BCUT2D eigenvalue weighted by Gasteiger charge is -2.27. The number of carbonyl (C=O) groups excluding carboxylic acids is 2. The topological polar surface area (TPSA) is 58.2 Å². The van der Waals surface area contributed by atoms with E-state index >= 15 is 0 Å². The Labute approximate surface area is 188 Å². The van der Waals surface area contributed by atoms with Crippen molar-refractivity contribution < 1.29 is 40.3 Å². The zero-order valence-corrected chi connectivity index (χ0v) is 18.0. The van der Waals surface area contributed by atoms with Crippen molar-refractivity contribution in [2.75, 3.05) is 10.6 Å². The van der Waals surface area contributed by atoms with Crippen LogP contribution in [0.5, 0.6) is 0 Å². The van der Waals surface area contributed by atoms with E-state index in [-0.39, 0.29) is 5.56 Å². The van der Waals surface area contributed by atoms with Gasteiger partial charge in [-0.15, -0.1) is 11.3 Å². The molecule has 1 heterocycles. The maximum Gasteiger partial charge on any atom is 0.460 e. The predicted octanol–water partition coefficient (Wildman–Crippen LogP) is 6.35. The highest BCUT2D eigenvalue weighted by molar-refractivity contribution is 7.17. The third-order valence-electron chi connectivity index (χ3n) is 5.30. The predicted molar refractivity (Wildman–Crippen MR) is 109 cm³/mol. The normalized spacial score (nSPS) is 14.9. The van der Waals surface area contributed by atoms with E-state index in [1.165, 1.54) is 5.32 Å². The standard InChI is InChI=1S/C21H19F7N2O2S/c1-11-7-5-6-9-13(11)29-16(31)15-12-8-3-2-4-10-14(12)33-17(15)30-18(32)19(22,23)20(24,25)21(26,27)28/h5-7,9H,2-4,8,10H2,1H3,(H,29,31)(H,30,32). The molecule has 0 spiro atoms. The van der Waals surface area contributed by atoms with Crippen molar-refractivity contribution in [1.82, 2.24) is 0 Å². The average Bonchev–Trinajstić information content (AvgIpc) is 2.89. The van der Waals surface area contributed by atoms with Gasteiger partial charge in [-0.25, -0.2) is 0 Å². The van der Waals surface area contributed by atoms with Crippen LogP contribution in [0.1, 0.15) is 45.6 Å². The van der Waals surface area contributed by atoms with Crippen LogP contribution >= 0.6 is 11.3 Å². The highest BCUT2D eigenvalue weighted by Crippen LogP contribution is 2.47. The third-order valence-corrected chi connectivity index (χ3v) is 6.51. The third kappa shape index (κ3) is 4.71. The molecule has 0 radical (unpaired) electrons. The summed E-state index contributed by atoms with van der Waals surface area (Å²) in [6.45, 7) is 1.70. The van der Waals surface area contributed by atoms with Crippen LogP contribution in [0.3, 0.4) is 0 Å². The molecule has 33 heavy (non-hydrogen) atoms. The van der Waals surface area contributed by atoms with E-state index < -0.39 is 34.8 Å². The number of halogens is 7. The number of anilines is 2. The van der Waals surface area contributed by atoms with Crippen molar-refractivity contribution >= 4 is 33.8 Å². The minimum Gasteiger partial charge on any atom is -0.322 e. The first kappa shape index (κ1) is 25.0. The summed E-state index contributed by atoms with van der Waals surface area (Å²) in [6, 6.07) is 6.64. The van der Waals surface area contributed by atoms with Crippen molar-refractivity contribution in [3.8, 4) is 0 Å². The van der Waals surface area contributed by atoms with Crippen molar-refractivity contribution in [2.24, 2.45) is 0 Å². The first-order valence-corrected chi connectivity index (χ1v) is 10.7. The SMILES string of the molecule is Cc1ccccc1NC(=O)c1c(NC(=O)C(F)(F)C(F)(F)C(F)(F)F)sc2c1CCCCC2. The second-order valence-corrected chi connectivity index (χ2v) is 8.74. The molecule has 0 atom stereocenters. The molecule has 0 fully saturated rings. The van der Waals surface area contributed by atoms with E-state index in [1.807, 2.05) is 0 Å². The number of alkyl halides is 7. The van der Waals surface area contributed by atoms with Gasteiger partial charge in [-0.05, 0) is 49.8 Å². The van der Waals surface area contributed by atoms with Crippen LogP contribution in [0, 0.1) is 6.92 Å². The molecule has 3 rings (SSSR count). The largest absolute Gasteiger partial charge is 0.460 e. The molecule has 1 aliphatic rings. The highest BCUT2D eigenvalue weighted by atomic mass is 32.1. The summed E-state index contributed by atoms with van der Waals surface area (Å²) in [7, 11) is 0. The molecule has 2 aromatic rings. The zero-order chi connectivity index (χ0) is 24.6. The van der Waals surface area contributed by atoms with Gasteiger partial charge in [-0.3, -0.25) is 9.59 Å². The number of thiophene rings is 1. The number of para-hydroxylation sites is 1. The maximum atomic E-state index is 13.9. The number of hydrogen-bond acceptors (Lipinski definition) is 3. The van der Waals surface area contributed by atoms with Gasteiger partial charge in [0.2, 0.25) is 0 Å². The zero-order valence-electron chi connectivity index (χ0n) is 17.2. The number of benzene rings is 1. The van der Waals surface area contributed by atoms with Crippen LogP contribution in [0.15, 0.2) is 24.3 Å². The molecule has 2 amide bonds. The average molecular weight is 496 g/mol. The fourth-order valence-electron chi connectivity index (χ4n) is 3.47. The second kappa shape index (κ2) is 8.96. The summed E-state index contributed by atoms with van der Waals surface area (Å²) >= 11 is 0.729. The lowest BCUT2D eigenvalue weighted by atomic mass is 10.0. The van der Waals surface area contributed by atoms with E-state index in [4.69, 9.17) is 0 Å². The Balaban J connectivity index is 1.99. The molecule has 0 unspecified atom stereocenters. The molecule has 1 aliphatic carbocycles. The molecule has 2 N–H and O–H groups in total. The van der Waals surface area contributed by atoms with Crippen LogP contribution in [0.4, 0.5) is 41.4 Å². The van der Waals surface area contributed by atoms with Gasteiger partial charge < -0.3 is 10.6 Å². The first-order valence-electron chi connectivity index (χ1n) is 9.92. The summed E-state index contributed by atoms with van der Waals surface area (Å²) in [5.41, 5.74) is 1.32. The van der Waals surface area contributed by atoms with E-state index in [0.29, 0.717) is 47.4 Å². The molecule has 1 aromatic heterocycles. The van der Waals surface area contributed by atoms with Crippen LogP contribution in [-0.2, 0) is 17.6 Å². The summed E-state index contributed by atoms with van der Waals surface area (Å²) in [4.78, 5) is 25.6. The summed E-state index contributed by atoms with van der Waals surface area (Å²) in [6.07, 6.45) is -3.63. The Morgan fingerprint density at radius 3 is 2.18 bits per heavy atom. The minimum absolute atomic E-state index is 0.209. The van der Waals surface area contributed by atoms with E-state index in [0.717, 1.165) is 17.8 Å². The minimum atomic E-state index is -6.65. The van der Waals surface area contributed by atoms with Crippen molar-refractivity contribution in [3.63, 3.8) is 0 Å². The Kier molecular flexibility index (Phi) is 6.79. The molecular weight excluding hydrogens is 477 g/mol. The molecule has 0 saturated carbocycles. The lowest BCUT2D eigenvalue weighted by Crippen LogP contribution is -2.57. The molecule has 0 aliphatic heterocycles. The fraction of sp³-hybridized carbons (Fsp3) is 0.429. The number of fused-ring (bicyclic) bond motifs is 1.